The molecule has 3 heterocycles. The zero-order chi connectivity index (χ0) is 59.7. The van der Waals surface area contributed by atoms with Crippen LogP contribution in [-0.4, -0.2) is 177 Å². The van der Waals surface area contributed by atoms with Crippen LogP contribution in [0.1, 0.15) is 122 Å². The number of aliphatic hydroxyl groups is 2. The fourth-order valence-electron chi connectivity index (χ4n) is 8.55. The van der Waals surface area contributed by atoms with Crippen LogP contribution in [-0.2, 0) is 33.5 Å². The number of hydrogen-bond donors (Lipinski definition) is 18. The van der Waals surface area contributed by atoms with Gasteiger partial charge in [-0.3, -0.25) is 53.3 Å². The van der Waals surface area contributed by atoms with Gasteiger partial charge in [0.2, 0.25) is 29.5 Å². The highest BCUT2D eigenvalue weighted by molar-refractivity contribution is 5.95. The Morgan fingerprint density at radius 1 is 0.543 bits per heavy atom. The zero-order valence-electron chi connectivity index (χ0n) is 46.1. The summed E-state index contributed by atoms with van der Waals surface area (Å²) in [4.78, 5) is 111. The van der Waals surface area contributed by atoms with E-state index in [1.807, 2.05) is 0 Å². The van der Waals surface area contributed by atoms with E-state index in [0.29, 0.717) is 58.0 Å². The van der Waals surface area contributed by atoms with Gasteiger partial charge in [0, 0.05) is 45.7 Å². The molecule has 33 heteroatoms. The maximum absolute atomic E-state index is 14.3. The number of hydrogen-bond acceptors (Lipinski definition) is 18. The number of fused-ring (bicyclic) bond motifs is 1. The Bertz CT molecular complexity index is 2410. The summed E-state index contributed by atoms with van der Waals surface area (Å²) in [5.41, 5.74) is 56.2. The Balaban J connectivity index is 1.65. The molecule has 0 spiro atoms. The lowest BCUT2D eigenvalue weighted by Gasteiger charge is -2.26. The molecule has 0 bridgehead atoms. The average Bonchev–Trinajstić information content (AvgIpc) is 4.21. The second-order valence-corrected chi connectivity index (χ2v) is 19.4. The van der Waals surface area contributed by atoms with Crippen molar-refractivity contribution in [2.45, 2.75) is 164 Å². The first-order valence-corrected chi connectivity index (χ1v) is 27.4. The van der Waals surface area contributed by atoms with E-state index in [1.165, 1.54) is 17.2 Å². The van der Waals surface area contributed by atoms with E-state index in [4.69, 9.17) is 62.1 Å². The Kier molecular flexibility index (Phi) is 30.9. The van der Waals surface area contributed by atoms with Crippen LogP contribution in [0.15, 0.2) is 32.6 Å². The number of ether oxygens (including phenoxy) is 1. The third kappa shape index (κ3) is 25.4. The highest BCUT2D eigenvalue weighted by atomic mass is 16.6. The summed E-state index contributed by atoms with van der Waals surface area (Å²) in [6, 6.07) is -4.72. The van der Waals surface area contributed by atoms with Gasteiger partial charge in [-0.25, -0.2) is 15.0 Å². The van der Waals surface area contributed by atoms with Crippen LogP contribution in [0.4, 0.5) is 5.82 Å². The number of rotatable bonds is 40. The molecule has 6 amide bonds. The summed E-state index contributed by atoms with van der Waals surface area (Å²) in [7, 11) is 0. The van der Waals surface area contributed by atoms with Crippen molar-refractivity contribution in [3.63, 3.8) is 0 Å². The number of carbonyl (C=O) groups is 6. The first-order chi connectivity index (χ1) is 38.7. The number of nitrogen functional groups attached to an aromatic ring is 1. The first-order valence-electron chi connectivity index (χ1n) is 27.4. The highest BCUT2D eigenvalue weighted by Gasteiger charge is 2.47. The zero-order valence-corrected chi connectivity index (χ0v) is 46.1. The largest absolute Gasteiger partial charge is 0.387 e. The lowest BCUT2D eigenvalue weighted by Crippen LogP contribution is -2.58. The van der Waals surface area contributed by atoms with Gasteiger partial charge in [0.15, 0.2) is 47.6 Å². The third-order valence-electron chi connectivity index (χ3n) is 12.8. The molecule has 1 fully saturated rings. The molecule has 2 aromatic heterocycles. The van der Waals surface area contributed by atoms with Crippen LogP contribution in [0.3, 0.4) is 0 Å². The minimum atomic E-state index is -1.53. The average molecular weight is 1150 g/mol. The Labute approximate surface area is 470 Å². The number of unbranched alkanes of at least 4 members (excludes halogenated alkanes) is 7. The first kappa shape index (κ1) is 67.4. The predicted octanol–water partition coefficient (Wildman–Crippen LogP) is -5.73. The molecule has 28 N–H and O–H groups in total. The molecule has 454 valence electrons. The molecule has 0 radical (unpaired) electrons. The topological polar surface area (TPSA) is 578 Å². The van der Waals surface area contributed by atoms with Crippen LogP contribution in [0.2, 0.25) is 0 Å². The molecule has 8 atom stereocenters. The number of nitrogens with zero attached hydrogens (tertiary/aromatic N) is 8. The molecule has 1 saturated heterocycles. The second-order valence-electron chi connectivity index (χ2n) is 19.4. The molecule has 81 heavy (non-hydrogen) atoms. The van der Waals surface area contributed by atoms with Gasteiger partial charge in [0.25, 0.3) is 5.91 Å². The third-order valence-corrected chi connectivity index (χ3v) is 12.8. The summed E-state index contributed by atoms with van der Waals surface area (Å²) >= 11 is 0. The monoisotopic (exact) mass is 1140 g/mol. The number of aromatic nitrogens is 4. The molecule has 0 aromatic carbocycles. The lowest BCUT2D eigenvalue weighted by molar-refractivity contribution is -0.137. The predicted molar refractivity (Wildman–Crippen MR) is 304 cm³/mol. The van der Waals surface area contributed by atoms with Crippen LogP contribution in [0.5, 0.6) is 0 Å². The maximum atomic E-state index is 14.3. The Hall–Kier alpha value is -7.91. The van der Waals surface area contributed by atoms with Crippen LogP contribution in [0.25, 0.3) is 11.2 Å². The van der Waals surface area contributed by atoms with Crippen LogP contribution in [0, 0.1) is 0 Å². The highest BCUT2D eigenvalue weighted by Crippen LogP contribution is 2.32. The summed E-state index contributed by atoms with van der Waals surface area (Å²) in [5, 5.41) is 38.0. The maximum Gasteiger partial charge on any atom is 0.252 e. The number of nitrogens with two attached hydrogens (primary N) is 10. The van der Waals surface area contributed by atoms with Crippen LogP contribution < -0.4 is 89.2 Å². The van der Waals surface area contributed by atoms with Gasteiger partial charge < -0.3 is 104 Å². The van der Waals surface area contributed by atoms with E-state index in [0.717, 1.165) is 19.3 Å². The summed E-state index contributed by atoms with van der Waals surface area (Å²) in [6.07, 6.45) is 4.64. The van der Waals surface area contributed by atoms with Crippen LogP contribution >= 0.6 is 0 Å². The fourth-order valence-corrected chi connectivity index (χ4v) is 8.55. The molecule has 1 aliphatic heterocycles. The van der Waals surface area contributed by atoms with Crippen molar-refractivity contribution in [3.8, 4) is 0 Å². The number of imidazole rings is 1. The number of aliphatic imine (C=N–C) groups is 4. The van der Waals surface area contributed by atoms with Crippen molar-refractivity contribution in [2.24, 2.45) is 71.6 Å². The number of amides is 6. The van der Waals surface area contributed by atoms with Crippen molar-refractivity contribution in [3.05, 3.63) is 12.7 Å². The van der Waals surface area contributed by atoms with Crippen molar-refractivity contribution in [1.29, 1.82) is 0 Å². The molecular weight excluding hydrogens is 1060 g/mol. The van der Waals surface area contributed by atoms with Crippen molar-refractivity contribution >= 4 is 76.3 Å². The molecule has 2 aromatic rings. The Morgan fingerprint density at radius 3 is 1.46 bits per heavy atom. The van der Waals surface area contributed by atoms with Gasteiger partial charge in [0.1, 0.15) is 48.2 Å². The molecular formula is C48H88N24O9. The minimum absolute atomic E-state index is 0.00754. The number of guanidine groups is 4. The molecule has 0 unspecified atom stereocenters. The molecule has 0 saturated carbocycles. The molecule has 33 nitrogen and oxygen atoms in total. The number of aliphatic hydroxyl groups excluding tert-OH is 2. The quantitative estimate of drug-likeness (QED) is 0.0168. The van der Waals surface area contributed by atoms with E-state index in [-0.39, 0.29) is 125 Å². The number of carbonyl (C=O) groups excluding carboxylic acids is 6. The van der Waals surface area contributed by atoms with E-state index in [9.17, 15) is 39.0 Å². The van der Waals surface area contributed by atoms with Gasteiger partial charge in [-0.05, 0) is 83.6 Å². The summed E-state index contributed by atoms with van der Waals surface area (Å²) in [5.74, 6) is -4.21. The summed E-state index contributed by atoms with van der Waals surface area (Å²) < 4.78 is 7.13. The van der Waals surface area contributed by atoms with Crippen molar-refractivity contribution in [1.82, 2.24) is 51.4 Å². The summed E-state index contributed by atoms with van der Waals surface area (Å²) in [6.45, 7) is 1.68. The standard InChI is InChI=1S/C48H88N24O9/c49-19-7-3-5-9-20-59-39(76)28(14-10-22-61-45(51)52)69-41(78)30(16-12-24-63-47(55)56)71-42(79)31(17-13-25-64-48(57)58)70-40(77)29(15-11-23-62-46(53)54)68-32(73)18-6-2-1-4-8-21-60-43(80)36-34(74)35(75)44(81-36)72-27-67-33-37(50)65-26-66-38(33)72/h26-31,34-36,44,74-75H,1-25,49H2,(H,59,76)(H,60,80)(H,68,73)(H,69,78)(H,70,77)(H,71,79)(H2,50,65,66)(H4,51,52,61)(H4,53,54,62)(H4,55,56,63)(H4,57,58,64)/t28-,29-,30-,31-,34-,35+,36-,44+/m0/s1. The lowest BCUT2D eigenvalue weighted by atomic mass is 10.0. The van der Waals surface area contributed by atoms with Gasteiger partial charge in [0.05, 0.1) is 6.33 Å². The van der Waals surface area contributed by atoms with Crippen molar-refractivity contribution < 1.29 is 43.7 Å². The van der Waals surface area contributed by atoms with Gasteiger partial charge in [-0.2, -0.15) is 0 Å². The van der Waals surface area contributed by atoms with Crippen molar-refractivity contribution in [2.75, 3.05) is 51.5 Å². The molecule has 3 rings (SSSR count). The Morgan fingerprint density at radius 2 is 0.975 bits per heavy atom. The minimum Gasteiger partial charge on any atom is -0.387 e. The smallest absolute Gasteiger partial charge is 0.252 e. The normalized spacial score (nSPS) is 17.1. The fraction of sp³-hybridized carbons (Fsp3) is 0.688. The van der Waals surface area contributed by atoms with E-state index >= 15 is 0 Å². The number of anilines is 1. The SMILES string of the molecule is NCCCCCCNC(=O)[C@H](CCCN=C(N)N)NC(=O)[C@H](CCCN=C(N)N)NC(=O)[C@H](CCCN=C(N)N)NC(=O)[C@H](CCCN=C(N)N)NC(=O)CCCCCCCNC(=O)[C@H]1O[C@@H](n2cnc3c(N)ncnc32)[C@H](O)[C@@H]1O. The second kappa shape index (κ2) is 37.1. The molecule has 0 aliphatic carbocycles. The number of nitrogens with one attached hydrogen (secondary N) is 6. The van der Waals surface area contributed by atoms with E-state index < -0.39 is 84.2 Å². The van der Waals surface area contributed by atoms with Gasteiger partial charge in [-0.1, -0.05) is 32.1 Å². The van der Waals surface area contributed by atoms with Gasteiger partial charge >= 0.3 is 0 Å². The van der Waals surface area contributed by atoms with Gasteiger partial charge in [-0.15, -0.1) is 0 Å². The van der Waals surface area contributed by atoms with E-state index in [2.05, 4.69) is 66.8 Å². The molecule has 1 aliphatic rings. The van der Waals surface area contributed by atoms with E-state index in [1.54, 1.807) is 0 Å².